The van der Waals surface area contributed by atoms with Gasteiger partial charge in [-0.25, -0.2) is 0 Å². The van der Waals surface area contributed by atoms with Gasteiger partial charge >= 0.3 is 0 Å². The fourth-order valence-electron chi connectivity index (χ4n) is 1.64. The summed E-state index contributed by atoms with van der Waals surface area (Å²) in [6.45, 7) is 4.29. The van der Waals surface area contributed by atoms with Gasteiger partial charge in [-0.2, -0.15) is 0 Å². The summed E-state index contributed by atoms with van der Waals surface area (Å²) < 4.78 is 0.820. The summed E-state index contributed by atoms with van der Waals surface area (Å²) in [5.41, 5.74) is 0.841. The molecule has 0 heterocycles. The van der Waals surface area contributed by atoms with Gasteiger partial charge in [-0.05, 0) is 30.0 Å². The topological polar surface area (TPSA) is 29.1 Å². The quantitative estimate of drug-likeness (QED) is 0.888. The van der Waals surface area contributed by atoms with Crippen LogP contribution in [-0.2, 0) is 0 Å². The lowest BCUT2D eigenvalue weighted by molar-refractivity contribution is 0.0946. The zero-order chi connectivity index (χ0) is 11.9. The fourth-order valence-corrected chi connectivity index (χ4v) is 2.50. The van der Waals surface area contributed by atoms with Crippen LogP contribution in [0.4, 0.5) is 0 Å². The molecule has 4 heteroatoms. The Hall–Kier alpha value is -0.540. The molecule has 1 amide bonds. The Bertz CT molecular complexity index is 424. The van der Waals surface area contributed by atoms with Crippen LogP contribution in [0.2, 0.25) is 5.02 Å². The minimum absolute atomic E-state index is 0.0567. The average molecular weight is 303 g/mol. The molecule has 1 aliphatic rings. The molecule has 2 nitrogen and oxygen atoms in total. The van der Waals surface area contributed by atoms with Crippen molar-refractivity contribution >= 4 is 33.4 Å². The van der Waals surface area contributed by atoms with E-state index in [4.69, 9.17) is 11.6 Å². The zero-order valence-corrected chi connectivity index (χ0v) is 11.5. The van der Waals surface area contributed by atoms with Crippen molar-refractivity contribution in [3.63, 3.8) is 0 Å². The molecule has 2 rings (SSSR count). The SMILES string of the molecule is CC1(C)CC1NC(=O)c1cc(Cl)cc(Br)c1. The highest BCUT2D eigenvalue weighted by molar-refractivity contribution is 9.10. The molecular weight excluding hydrogens is 289 g/mol. The third kappa shape index (κ3) is 2.58. The first kappa shape index (κ1) is 11.9. The van der Waals surface area contributed by atoms with Crippen LogP contribution in [-0.4, -0.2) is 11.9 Å². The zero-order valence-electron chi connectivity index (χ0n) is 9.18. The van der Waals surface area contributed by atoms with Gasteiger partial charge in [0, 0.05) is 21.1 Å². The molecule has 16 heavy (non-hydrogen) atoms. The molecule has 1 fully saturated rings. The van der Waals surface area contributed by atoms with E-state index >= 15 is 0 Å². The van der Waals surface area contributed by atoms with Crippen LogP contribution in [0.15, 0.2) is 22.7 Å². The molecule has 1 aromatic carbocycles. The molecule has 0 spiro atoms. The molecule has 0 aromatic heterocycles. The normalized spacial score (nSPS) is 21.6. The molecule has 1 atom stereocenters. The number of carbonyl (C=O) groups is 1. The Balaban J connectivity index is 2.09. The van der Waals surface area contributed by atoms with E-state index in [2.05, 4.69) is 35.1 Å². The van der Waals surface area contributed by atoms with E-state index in [1.165, 1.54) is 0 Å². The highest BCUT2D eigenvalue weighted by atomic mass is 79.9. The molecule has 1 N–H and O–H groups in total. The van der Waals surface area contributed by atoms with Gasteiger partial charge in [-0.3, -0.25) is 4.79 Å². The molecule has 1 saturated carbocycles. The van der Waals surface area contributed by atoms with Crippen LogP contribution in [0.3, 0.4) is 0 Å². The lowest BCUT2D eigenvalue weighted by atomic mass is 10.1. The third-order valence-electron chi connectivity index (χ3n) is 2.94. The van der Waals surface area contributed by atoms with Gasteiger partial charge in [0.2, 0.25) is 0 Å². The second kappa shape index (κ2) is 4.04. The van der Waals surface area contributed by atoms with Gasteiger partial charge in [-0.15, -0.1) is 0 Å². The first-order valence-corrected chi connectivity index (χ1v) is 6.32. The summed E-state index contributed by atoms with van der Waals surface area (Å²) in [7, 11) is 0. The molecule has 0 radical (unpaired) electrons. The summed E-state index contributed by atoms with van der Waals surface area (Å²) in [6.07, 6.45) is 1.04. The number of halogens is 2. The Morgan fingerprint density at radius 1 is 1.50 bits per heavy atom. The van der Waals surface area contributed by atoms with Crippen LogP contribution < -0.4 is 5.32 Å². The van der Waals surface area contributed by atoms with E-state index in [-0.39, 0.29) is 17.4 Å². The number of rotatable bonds is 2. The molecule has 86 valence electrons. The van der Waals surface area contributed by atoms with Gasteiger partial charge in [0.05, 0.1) is 0 Å². The standard InChI is InChI=1S/C12H13BrClNO/c1-12(2)6-10(12)15-11(16)7-3-8(13)5-9(14)4-7/h3-5,10H,6H2,1-2H3,(H,15,16). The van der Waals surface area contributed by atoms with Gasteiger partial charge in [-0.1, -0.05) is 41.4 Å². The Morgan fingerprint density at radius 3 is 2.62 bits per heavy atom. The summed E-state index contributed by atoms with van der Waals surface area (Å²) >= 11 is 9.21. The third-order valence-corrected chi connectivity index (χ3v) is 3.62. The summed E-state index contributed by atoms with van der Waals surface area (Å²) in [5.74, 6) is -0.0567. The second-order valence-electron chi connectivity index (χ2n) is 4.88. The monoisotopic (exact) mass is 301 g/mol. The van der Waals surface area contributed by atoms with Crippen molar-refractivity contribution in [1.82, 2.24) is 5.32 Å². The van der Waals surface area contributed by atoms with Gasteiger partial charge in [0.1, 0.15) is 0 Å². The van der Waals surface area contributed by atoms with Crippen molar-refractivity contribution in [2.75, 3.05) is 0 Å². The van der Waals surface area contributed by atoms with Crippen molar-refractivity contribution in [2.24, 2.45) is 5.41 Å². The first-order valence-electron chi connectivity index (χ1n) is 5.15. The molecule has 0 aliphatic heterocycles. The van der Waals surface area contributed by atoms with Crippen LogP contribution >= 0.6 is 27.5 Å². The Kier molecular flexibility index (Phi) is 3.01. The maximum absolute atomic E-state index is 11.9. The van der Waals surface area contributed by atoms with E-state index in [0.717, 1.165) is 10.9 Å². The second-order valence-corrected chi connectivity index (χ2v) is 6.23. The van der Waals surface area contributed by atoms with Crippen molar-refractivity contribution < 1.29 is 4.79 Å². The molecule has 0 bridgehead atoms. The molecule has 0 saturated heterocycles. The van der Waals surface area contributed by atoms with Crippen LogP contribution in [0, 0.1) is 5.41 Å². The lowest BCUT2D eigenvalue weighted by Crippen LogP contribution is -2.28. The molecular formula is C12H13BrClNO. The number of carbonyl (C=O) groups excluding carboxylic acids is 1. The number of nitrogens with one attached hydrogen (secondary N) is 1. The van der Waals surface area contributed by atoms with E-state index in [1.54, 1.807) is 18.2 Å². The number of hydrogen-bond donors (Lipinski definition) is 1. The van der Waals surface area contributed by atoms with Gasteiger partial charge in [0.15, 0.2) is 0 Å². The predicted octanol–water partition coefficient (Wildman–Crippen LogP) is 3.63. The Labute approximate surface area is 108 Å². The van der Waals surface area contributed by atoms with Crippen molar-refractivity contribution in [2.45, 2.75) is 26.3 Å². The van der Waals surface area contributed by atoms with Gasteiger partial charge in [0.25, 0.3) is 5.91 Å². The maximum atomic E-state index is 11.9. The smallest absolute Gasteiger partial charge is 0.251 e. The number of amides is 1. The predicted molar refractivity (Wildman–Crippen MR) is 68.8 cm³/mol. The van der Waals surface area contributed by atoms with E-state index in [9.17, 15) is 4.79 Å². The number of benzene rings is 1. The highest BCUT2D eigenvalue weighted by Gasteiger charge is 2.46. The minimum Gasteiger partial charge on any atom is -0.349 e. The van der Waals surface area contributed by atoms with Crippen LogP contribution in [0.1, 0.15) is 30.6 Å². The van der Waals surface area contributed by atoms with Crippen LogP contribution in [0.25, 0.3) is 0 Å². The highest BCUT2D eigenvalue weighted by Crippen LogP contribution is 2.44. The first-order chi connectivity index (χ1) is 7.38. The minimum atomic E-state index is -0.0567. The van der Waals surface area contributed by atoms with E-state index < -0.39 is 0 Å². The van der Waals surface area contributed by atoms with Crippen molar-refractivity contribution in [3.05, 3.63) is 33.3 Å². The largest absolute Gasteiger partial charge is 0.349 e. The van der Waals surface area contributed by atoms with Gasteiger partial charge < -0.3 is 5.32 Å². The van der Waals surface area contributed by atoms with Crippen molar-refractivity contribution in [3.8, 4) is 0 Å². The summed E-state index contributed by atoms with van der Waals surface area (Å²) in [5, 5.41) is 3.56. The Morgan fingerprint density at radius 2 is 2.12 bits per heavy atom. The summed E-state index contributed by atoms with van der Waals surface area (Å²) in [6, 6.07) is 5.50. The van der Waals surface area contributed by atoms with Crippen molar-refractivity contribution in [1.29, 1.82) is 0 Å². The summed E-state index contributed by atoms with van der Waals surface area (Å²) in [4.78, 5) is 11.9. The van der Waals surface area contributed by atoms with Crippen LogP contribution in [0.5, 0.6) is 0 Å². The molecule has 1 aliphatic carbocycles. The molecule has 1 aromatic rings. The fraction of sp³-hybridized carbons (Fsp3) is 0.417. The molecule has 1 unspecified atom stereocenters. The number of hydrogen-bond acceptors (Lipinski definition) is 1. The average Bonchev–Trinajstić information content (AvgIpc) is 2.71. The van der Waals surface area contributed by atoms with E-state index in [0.29, 0.717) is 10.6 Å². The lowest BCUT2D eigenvalue weighted by Gasteiger charge is -2.07. The van der Waals surface area contributed by atoms with E-state index in [1.807, 2.05) is 0 Å². The maximum Gasteiger partial charge on any atom is 0.251 e.